The van der Waals surface area contributed by atoms with E-state index in [0.717, 1.165) is 55.6 Å². The van der Waals surface area contributed by atoms with Gasteiger partial charge in [0.1, 0.15) is 0 Å². The second-order valence-electron chi connectivity index (χ2n) is 16.7. The van der Waals surface area contributed by atoms with Crippen molar-refractivity contribution >= 4 is 11.9 Å². The highest BCUT2D eigenvalue weighted by atomic mass is 16.7. The molecule has 0 aliphatic carbocycles. The van der Waals surface area contributed by atoms with Gasteiger partial charge in [-0.05, 0) is 89.3 Å². The molecule has 6 rings (SSSR count). The van der Waals surface area contributed by atoms with Gasteiger partial charge in [-0.3, -0.25) is 9.80 Å². The van der Waals surface area contributed by atoms with Crippen LogP contribution in [0.3, 0.4) is 0 Å². The van der Waals surface area contributed by atoms with E-state index in [1.807, 2.05) is 163 Å². The second kappa shape index (κ2) is 21.8. The van der Waals surface area contributed by atoms with Gasteiger partial charge in [0.25, 0.3) is 0 Å². The molecule has 62 heavy (non-hydrogen) atoms. The first-order valence-corrected chi connectivity index (χ1v) is 21.2. The van der Waals surface area contributed by atoms with Crippen LogP contribution in [0.4, 0.5) is 0 Å². The molecule has 0 saturated heterocycles. The van der Waals surface area contributed by atoms with Crippen LogP contribution in [0.1, 0.15) is 67.5 Å². The number of carbonyl (C=O) groups excluding carboxylic acids is 2. The largest absolute Gasteiger partial charge is 0.426 e. The molecule has 6 aromatic carbocycles. The predicted molar refractivity (Wildman–Crippen MR) is 246 cm³/mol. The number of nitrogens with zero attached hydrogens (tertiary/aromatic N) is 2. The van der Waals surface area contributed by atoms with E-state index in [0.29, 0.717) is 0 Å². The Hall–Kier alpha value is -5.90. The van der Waals surface area contributed by atoms with E-state index in [1.165, 1.54) is 0 Å². The zero-order valence-electron chi connectivity index (χ0n) is 37.2. The molecule has 0 aromatic heterocycles. The molecule has 8 nitrogen and oxygen atoms in total. The molecule has 2 unspecified atom stereocenters. The molecule has 0 saturated carbocycles. The van der Waals surface area contributed by atoms with Crippen LogP contribution in [0.2, 0.25) is 0 Å². The number of benzene rings is 6. The van der Waals surface area contributed by atoms with E-state index >= 15 is 0 Å². The lowest BCUT2D eigenvalue weighted by Crippen LogP contribution is -2.50. The first kappa shape index (κ1) is 45.6. The minimum Gasteiger partial charge on any atom is -0.426 e. The number of esters is 2. The molecule has 322 valence electrons. The molecule has 0 fully saturated rings. The molecule has 0 amide bonds. The van der Waals surface area contributed by atoms with E-state index in [4.69, 9.17) is 18.9 Å². The van der Waals surface area contributed by atoms with Crippen LogP contribution in [-0.2, 0) is 41.8 Å². The lowest BCUT2D eigenvalue weighted by Gasteiger charge is -2.38. The summed E-state index contributed by atoms with van der Waals surface area (Å²) in [5.41, 5.74) is 10.2. The van der Waals surface area contributed by atoms with Crippen molar-refractivity contribution in [2.75, 3.05) is 28.2 Å². The summed E-state index contributed by atoms with van der Waals surface area (Å²) in [6, 6.07) is 51.5. The summed E-state index contributed by atoms with van der Waals surface area (Å²) in [7, 11) is 7.70. The van der Waals surface area contributed by atoms with E-state index < -0.39 is 36.6 Å². The fourth-order valence-electron chi connectivity index (χ4n) is 8.59. The summed E-state index contributed by atoms with van der Waals surface area (Å²) < 4.78 is 25.8. The lowest BCUT2D eigenvalue weighted by molar-refractivity contribution is -0.219. The molecule has 6 aromatic rings. The molecule has 0 aliphatic heterocycles. The fourth-order valence-corrected chi connectivity index (χ4v) is 8.59. The van der Waals surface area contributed by atoms with E-state index in [9.17, 15) is 9.59 Å². The van der Waals surface area contributed by atoms with Gasteiger partial charge in [0, 0.05) is 11.8 Å². The number of ether oxygens (including phenoxy) is 4. The number of hydrogen-bond donors (Lipinski definition) is 0. The molecule has 0 aliphatic rings. The topological polar surface area (TPSA) is 77.5 Å². The van der Waals surface area contributed by atoms with E-state index in [-0.39, 0.29) is 25.0 Å². The third kappa shape index (κ3) is 12.1. The average molecular weight is 833 g/mol. The minimum atomic E-state index is -1.21. The second-order valence-corrected chi connectivity index (χ2v) is 16.7. The Kier molecular flexibility index (Phi) is 16.0. The molecule has 0 heterocycles. The van der Waals surface area contributed by atoms with Gasteiger partial charge >= 0.3 is 11.9 Å². The molecule has 4 atom stereocenters. The van der Waals surface area contributed by atoms with Crippen LogP contribution in [0.5, 0.6) is 0 Å². The first-order valence-electron chi connectivity index (χ1n) is 21.2. The Bertz CT molecular complexity index is 2050. The standard InChI is InChI=1S/C54H60N2O6/c1-37-29-38(2)32-41(31-37)35-59-53(49(55(5)6)47(43-21-13-9-14-22-43)44-23-15-10-16-24-44)61-51(57)52(58)62-54(60-36-42-33-39(3)30-40(4)34-42)50(56(7)8)48(45-25-17-11-18-26-45)46-27-19-12-20-28-46/h9-34,47-50,53-54H,35-36H2,1-8H3/t49-,50-,53?,54?/m0/s1. The smallest absolute Gasteiger partial charge is 0.419 e. The van der Waals surface area contributed by atoms with E-state index in [1.54, 1.807) is 0 Å². The number of carbonyl (C=O) groups is 2. The van der Waals surface area contributed by atoms with Gasteiger partial charge in [-0.2, -0.15) is 0 Å². The predicted octanol–water partition coefficient (Wildman–Crippen LogP) is 9.92. The fraction of sp³-hybridized carbons (Fsp3) is 0.296. The summed E-state index contributed by atoms with van der Waals surface area (Å²) in [4.78, 5) is 32.8. The van der Waals surface area contributed by atoms with Crippen molar-refractivity contribution in [2.45, 2.75) is 77.4 Å². The van der Waals surface area contributed by atoms with Crippen LogP contribution in [-0.4, -0.2) is 74.6 Å². The lowest BCUT2D eigenvalue weighted by atomic mass is 9.84. The Morgan fingerprint density at radius 1 is 0.419 bits per heavy atom. The van der Waals surface area contributed by atoms with Crippen molar-refractivity contribution in [3.8, 4) is 0 Å². The van der Waals surface area contributed by atoms with Crippen LogP contribution in [0, 0.1) is 27.7 Å². The van der Waals surface area contributed by atoms with Crippen molar-refractivity contribution in [3.63, 3.8) is 0 Å². The summed E-state index contributed by atoms with van der Waals surface area (Å²) in [6.07, 6.45) is -2.42. The van der Waals surface area contributed by atoms with Crippen LogP contribution in [0.25, 0.3) is 0 Å². The first-order chi connectivity index (χ1) is 29.9. The van der Waals surface area contributed by atoms with Crippen LogP contribution >= 0.6 is 0 Å². The highest BCUT2D eigenvalue weighted by Crippen LogP contribution is 2.36. The summed E-state index contributed by atoms with van der Waals surface area (Å²) in [5, 5.41) is 0. The van der Waals surface area contributed by atoms with Crippen molar-refractivity contribution in [2.24, 2.45) is 0 Å². The molecule has 0 N–H and O–H groups in total. The summed E-state index contributed by atoms with van der Waals surface area (Å²) in [6.45, 7) is 8.41. The maximum Gasteiger partial charge on any atom is 0.419 e. The molecule has 0 radical (unpaired) electrons. The normalized spacial score (nSPS) is 13.5. The van der Waals surface area contributed by atoms with Crippen LogP contribution in [0.15, 0.2) is 158 Å². The highest BCUT2D eigenvalue weighted by molar-refractivity contribution is 6.29. The highest BCUT2D eigenvalue weighted by Gasteiger charge is 2.41. The van der Waals surface area contributed by atoms with Gasteiger partial charge < -0.3 is 18.9 Å². The summed E-state index contributed by atoms with van der Waals surface area (Å²) in [5.74, 6) is -3.00. The van der Waals surface area contributed by atoms with Crippen molar-refractivity contribution < 1.29 is 28.5 Å². The van der Waals surface area contributed by atoms with Gasteiger partial charge in [-0.15, -0.1) is 0 Å². The van der Waals surface area contributed by atoms with Gasteiger partial charge in [0.05, 0.1) is 25.3 Å². The summed E-state index contributed by atoms with van der Waals surface area (Å²) >= 11 is 0. The SMILES string of the molecule is Cc1cc(C)cc(COC(OC(=O)C(=O)OC(OCc2cc(C)cc(C)c2)[C@H](C(c2ccccc2)c2ccccc2)N(C)C)[C@H](C(c2ccccc2)c2ccccc2)N(C)C)c1. The molecule has 0 bridgehead atoms. The average Bonchev–Trinajstić information content (AvgIpc) is 3.25. The van der Waals surface area contributed by atoms with Gasteiger partial charge in [0.2, 0.25) is 12.6 Å². The van der Waals surface area contributed by atoms with Crippen molar-refractivity contribution in [1.82, 2.24) is 9.80 Å². The Labute approximate surface area is 368 Å². The molecular formula is C54H60N2O6. The number of rotatable bonds is 18. The van der Waals surface area contributed by atoms with Gasteiger partial charge in [0.15, 0.2) is 0 Å². The monoisotopic (exact) mass is 832 g/mol. The van der Waals surface area contributed by atoms with Crippen LogP contribution < -0.4 is 0 Å². The molecule has 8 heteroatoms. The maximum absolute atomic E-state index is 14.4. The third-order valence-electron chi connectivity index (χ3n) is 11.1. The molecule has 0 spiro atoms. The quantitative estimate of drug-likeness (QED) is 0.0482. The Morgan fingerprint density at radius 2 is 0.677 bits per heavy atom. The van der Waals surface area contributed by atoms with Gasteiger partial charge in [-0.25, -0.2) is 9.59 Å². The van der Waals surface area contributed by atoms with Crippen molar-refractivity contribution in [3.05, 3.63) is 213 Å². The third-order valence-corrected chi connectivity index (χ3v) is 11.1. The number of aryl methyl sites for hydroxylation is 4. The minimum absolute atomic E-state index is 0.135. The Balaban J connectivity index is 1.38. The number of likely N-dealkylation sites (N-methyl/N-ethyl adjacent to an activating group) is 2. The zero-order valence-corrected chi connectivity index (χ0v) is 37.2. The zero-order chi connectivity index (χ0) is 44.2. The number of hydrogen-bond acceptors (Lipinski definition) is 8. The molecular weight excluding hydrogens is 773 g/mol. The Morgan fingerprint density at radius 3 is 0.919 bits per heavy atom. The van der Waals surface area contributed by atoms with E-state index in [2.05, 4.69) is 60.7 Å². The van der Waals surface area contributed by atoms with Crippen molar-refractivity contribution in [1.29, 1.82) is 0 Å². The maximum atomic E-state index is 14.4. The van der Waals surface area contributed by atoms with Gasteiger partial charge in [-0.1, -0.05) is 180 Å².